The van der Waals surface area contributed by atoms with Crippen LogP contribution < -0.4 is 14.8 Å². The molecular weight excluding hydrogens is 452 g/mol. The number of carbonyl (C=O) groups is 2. The molecule has 3 rings (SSSR count). The van der Waals surface area contributed by atoms with Gasteiger partial charge in [0.1, 0.15) is 17.1 Å². The third kappa shape index (κ3) is 5.81. The first kappa shape index (κ1) is 24.5. The number of ether oxygens (including phenoxy) is 4. The molecule has 0 saturated carbocycles. The van der Waals surface area contributed by atoms with Crippen molar-refractivity contribution in [1.82, 2.24) is 4.31 Å². The van der Waals surface area contributed by atoms with Gasteiger partial charge >= 0.3 is 5.97 Å². The van der Waals surface area contributed by atoms with Crippen LogP contribution in [0.1, 0.15) is 17.3 Å². The fraction of sp³-hybridized carbons (Fsp3) is 0.364. The van der Waals surface area contributed by atoms with Gasteiger partial charge in [0.15, 0.2) is 6.10 Å². The summed E-state index contributed by atoms with van der Waals surface area (Å²) in [5, 5.41) is 2.61. The largest absolute Gasteiger partial charge is 0.497 e. The summed E-state index contributed by atoms with van der Waals surface area (Å²) in [5.74, 6) is -0.541. The van der Waals surface area contributed by atoms with Crippen molar-refractivity contribution in [2.24, 2.45) is 0 Å². The van der Waals surface area contributed by atoms with E-state index in [-0.39, 0.29) is 16.2 Å². The Morgan fingerprint density at radius 1 is 1.03 bits per heavy atom. The molecule has 1 aliphatic rings. The third-order valence-corrected chi connectivity index (χ3v) is 6.92. The summed E-state index contributed by atoms with van der Waals surface area (Å²) in [5.41, 5.74) is 0.515. The molecule has 0 radical (unpaired) electrons. The van der Waals surface area contributed by atoms with Crippen molar-refractivity contribution >= 4 is 27.6 Å². The molecule has 1 amide bonds. The maximum atomic E-state index is 12.7. The molecule has 2 aromatic carbocycles. The Labute approximate surface area is 192 Å². The van der Waals surface area contributed by atoms with Crippen molar-refractivity contribution < 1.29 is 37.0 Å². The molecule has 2 aromatic rings. The van der Waals surface area contributed by atoms with Crippen LogP contribution in [0.25, 0.3) is 0 Å². The molecule has 0 aliphatic carbocycles. The van der Waals surface area contributed by atoms with Gasteiger partial charge in [-0.05, 0) is 43.3 Å². The number of hydrogen-bond donors (Lipinski definition) is 1. The smallest absolute Gasteiger partial charge is 0.342 e. The lowest BCUT2D eigenvalue weighted by Gasteiger charge is -2.26. The predicted molar refractivity (Wildman–Crippen MR) is 119 cm³/mol. The first-order chi connectivity index (χ1) is 15.8. The molecule has 1 aliphatic heterocycles. The van der Waals surface area contributed by atoms with Gasteiger partial charge in [0.2, 0.25) is 10.0 Å². The van der Waals surface area contributed by atoms with E-state index >= 15 is 0 Å². The average molecular weight is 479 g/mol. The number of morpholine rings is 1. The van der Waals surface area contributed by atoms with Gasteiger partial charge in [0.25, 0.3) is 5.91 Å². The number of nitrogens with zero attached hydrogens (tertiary/aromatic N) is 1. The van der Waals surface area contributed by atoms with Gasteiger partial charge in [-0.1, -0.05) is 0 Å². The van der Waals surface area contributed by atoms with Crippen LogP contribution in [0.5, 0.6) is 11.5 Å². The van der Waals surface area contributed by atoms with Crippen molar-refractivity contribution in [2.45, 2.75) is 17.9 Å². The van der Waals surface area contributed by atoms with E-state index < -0.39 is 28.0 Å². The van der Waals surface area contributed by atoms with Gasteiger partial charge in [-0.25, -0.2) is 13.2 Å². The molecule has 1 unspecified atom stereocenters. The van der Waals surface area contributed by atoms with Crippen molar-refractivity contribution in [3.05, 3.63) is 48.0 Å². The van der Waals surface area contributed by atoms with Gasteiger partial charge in [-0.3, -0.25) is 4.79 Å². The van der Waals surface area contributed by atoms with Crippen molar-refractivity contribution in [3.8, 4) is 11.5 Å². The van der Waals surface area contributed by atoms with Crippen molar-refractivity contribution in [1.29, 1.82) is 0 Å². The zero-order valence-corrected chi connectivity index (χ0v) is 19.4. The lowest BCUT2D eigenvalue weighted by Crippen LogP contribution is -2.40. The molecule has 0 aromatic heterocycles. The quantitative estimate of drug-likeness (QED) is 0.572. The highest BCUT2D eigenvalue weighted by Gasteiger charge is 2.26. The van der Waals surface area contributed by atoms with Crippen LogP contribution in [-0.2, 0) is 24.3 Å². The van der Waals surface area contributed by atoms with Gasteiger partial charge < -0.3 is 24.3 Å². The second-order valence-corrected chi connectivity index (χ2v) is 9.08. The zero-order valence-electron chi connectivity index (χ0n) is 18.6. The molecule has 0 spiro atoms. The number of carbonyl (C=O) groups excluding carboxylic acids is 2. The van der Waals surface area contributed by atoms with Crippen LogP contribution in [0.4, 0.5) is 5.69 Å². The van der Waals surface area contributed by atoms with Gasteiger partial charge in [-0.2, -0.15) is 4.31 Å². The Hall–Kier alpha value is -3.15. The maximum absolute atomic E-state index is 12.7. The molecule has 1 heterocycles. The molecular formula is C22H26N2O8S. The van der Waals surface area contributed by atoms with Crippen molar-refractivity contribution in [3.63, 3.8) is 0 Å². The molecule has 1 atom stereocenters. The van der Waals surface area contributed by atoms with Gasteiger partial charge in [0.05, 0.1) is 32.3 Å². The van der Waals surface area contributed by atoms with Crippen LogP contribution in [0, 0.1) is 0 Å². The zero-order chi connectivity index (χ0) is 24.0. The Balaban J connectivity index is 1.62. The van der Waals surface area contributed by atoms with Crippen LogP contribution in [-0.4, -0.2) is 71.2 Å². The summed E-state index contributed by atoms with van der Waals surface area (Å²) >= 11 is 0. The van der Waals surface area contributed by atoms with E-state index in [1.54, 1.807) is 6.07 Å². The number of nitrogens with one attached hydrogen (secondary N) is 1. The summed E-state index contributed by atoms with van der Waals surface area (Å²) < 4.78 is 47.5. The SMILES string of the molecule is COc1ccc(C(=O)OC(C)C(=O)Nc2ccc(S(=O)(=O)N3CCOCC3)cc2)c(OC)c1. The predicted octanol–water partition coefficient (Wildman–Crippen LogP) is 1.91. The number of sulfonamides is 1. The van der Waals surface area contributed by atoms with Crippen molar-refractivity contribution in [2.75, 3.05) is 45.8 Å². The van der Waals surface area contributed by atoms with Crippen LogP contribution in [0.15, 0.2) is 47.4 Å². The minimum atomic E-state index is -3.63. The van der Waals surface area contributed by atoms with E-state index in [0.29, 0.717) is 37.7 Å². The molecule has 178 valence electrons. The minimum Gasteiger partial charge on any atom is -0.497 e. The Bertz CT molecular complexity index is 1100. The second kappa shape index (κ2) is 10.6. The normalized spacial score (nSPS) is 15.4. The van der Waals surface area contributed by atoms with Gasteiger partial charge in [0, 0.05) is 24.8 Å². The van der Waals surface area contributed by atoms with E-state index in [1.165, 1.54) is 61.8 Å². The number of rotatable bonds is 8. The summed E-state index contributed by atoms with van der Waals surface area (Å²) in [7, 11) is -0.734. The molecule has 33 heavy (non-hydrogen) atoms. The van der Waals surface area contributed by atoms with E-state index in [1.807, 2.05) is 0 Å². The summed E-state index contributed by atoms with van der Waals surface area (Å²) in [6.45, 7) is 2.73. The average Bonchev–Trinajstić information content (AvgIpc) is 2.84. The minimum absolute atomic E-state index is 0.119. The number of amides is 1. The third-order valence-electron chi connectivity index (χ3n) is 5.01. The standard InChI is InChI=1S/C22H26N2O8S/c1-15(32-22(26)19-9-6-17(29-2)14-20(19)30-3)21(25)23-16-4-7-18(8-5-16)33(27,28)24-10-12-31-13-11-24/h4-9,14-15H,10-13H2,1-3H3,(H,23,25). The molecule has 1 saturated heterocycles. The number of hydrogen-bond acceptors (Lipinski definition) is 8. The lowest BCUT2D eigenvalue weighted by atomic mass is 10.2. The lowest BCUT2D eigenvalue weighted by molar-refractivity contribution is -0.123. The van der Waals surface area contributed by atoms with E-state index in [4.69, 9.17) is 18.9 Å². The number of methoxy groups -OCH3 is 2. The fourth-order valence-electron chi connectivity index (χ4n) is 3.13. The first-order valence-corrected chi connectivity index (χ1v) is 11.6. The molecule has 1 fully saturated rings. The summed E-state index contributed by atoms with van der Waals surface area (Å²) in [6.07, 6.45) is -1.11. The Morgan fingerprint density at radius 3 is 2.30 bits per heavy atom. The first-order valence-electron chi connectivity index (χ1n) is 10.2. The Kier molecular flexibility index (Phi) is 7.90. The fourth-order valence-corrected chi connectivity index (χ4v) is 4.54. The molecule has 0 bridgehead atoms. The number of esters is 1. The van der Waals surface area contributed by atoms with E-state index in [0.717, 1.165) is 0 Å². The monoisotopic (exact) mass is 478 g/mol. The van der Waals surface area contributed by atoms with Crippen LogP contribution in [0.3, 0.4) is 0 Å². The van der Waals surface area contributed by atoms with Crippen LogP contribution >= 0.6 is 0 Å². The van der Waals surface area contributed by atoms with Gasteiger partial charge in [-0.15, -0.1) is 0 Å². The van der Waals surface area contributed by atoms with E-state index in [9.17, 15) is 18.0 Å². The molecule has 10 nitrogen and oxygen atoms in total. The highest BCUT2D eigenvalue weighted by molar-refractivity contribution is 7.89. The second-order valence-electron chi connectivity index (χ2n) is 7.14. The highest BCUT2D eigenvalue weighted by Crippen LogP contribution is 2.26. The molecule has 11 heteroatoms. The molecule has 1 N–H and O–H groups in total. The Morgan fingerprint density at radius 2 is 1.70 bits per heavy atom. The maximum Gasteiger partial charge on any atom is 0.342 e. The van der Waals surface area contributed by atoms with E-state index in [2.05, 4.69) is 5.32 Å². The highest BCUT2D eigenvalue weighted by atomic mass is 32.2. The van der Waals surface area contributed by atoms with Crippen LogP contribution in [0.2, 0.25) is 0 Å². The number of anilines is 1. The summed E-state index contributed by atoms with van der Waals surface area (Å²) in [4.78, 5) is 25.1. The topological polar surface area (TPSA) is 120 Å². The number of benzene rings is 2. The summed E-state index contributed by atoms with van der Waals surface area (Å²) in [6, 6.07) is 10.4.